The Balaban J connectivity index is 1.33. The fourth-order valence-corrected chi connectivity index (χ4v) is 4.57. The van der Waals surface area contributed by atoms with Crippen molar-refractivity contribution in [2.45, 2.75) is 25.5 Å². The topological polar surface area (TPSA) is 59.8 Å². The number of ether oxygens (including phenoxy) is 2. The number of nitrogens with zero attached hydrogens (tertiary/aromatic N) is 4. The average molecular weight is 447 g/mol. The van der Waals surface area contributed by atoms with Crippen molar-refractivity contribution < 1.29 is 14.3 Å². The fraction of sp³-hybridized carbons (Fsp3) is 0.385. The third-order valence-corrected chi connectivity index (χ3v) is 6.46. The highest BCUT2D eigenvalue weighted by molar-refractivity contribution is 5.81. The molecule has 1 atom stereocenters. The summed E-state index contributed by atoms with van der Waals surface area (Å²) in [5.74, 6) is 0.984. The molecule has 2 saturated heterocycles. The van der Waals surface area contributed by atoms with Crippen molar-refractivity contribution in [2.75, 3.05) is 39.9 Å². The first-order valence-corrected chi connectivity index (χ1v) is 11.6. The van der Waals surface area contributed by atoms with E-state index in [1.807, 2.05) is 39.9 Å². The summed E-state index contributed by atoms with van der Waals surface area (Å²) >= 11 is 0. The molecule has 7 heteroatoms. The van der Waals surface area contributed by atoms with E-state index in [4.69, 9.17) is 14.6 Å². The smallest absolute Gasteiger partial charge is 0.251 e. The number of piperazine rings is 1. The Labute approximate surface area is 194 Å². The Morgan fingerprint density at radius 3 is 2.48 bits per heavy atom. The third kappa shape index (κ3) is 4.79. The summed E-state index contributed by atoms with van der Waals surface area (Å²) in [6, 6.07) is 18.2. The highest BCUT2D eigenvalue weighted by atomic mass is 16.5. The van der Waals surface area contributed by atoms with E-state index in [0.717, 1.165) is 68.3 Å². The maximum atomic E-state index is 12.7. The van der Waals surface area contributed by atoms with Crippen LogP contribution in [0.2, 0.25) is 0 Å². The molecule has 1 amide bonds. The number of aromatic nitrogens is 2. The van der Waals surface area contributed by atoms with Crippen LogP contribution in [0.15, 0.2) is 60.8 Å². The van der Waals surface area contributed by atoms with Crippen LogP contribution in [-0.2, 0) is 16.1 Å². The van der Waals surface area contributed by atoms with Gasteiger partial charge in [0, 0.05) is 56.7 Å². The van der Waals surface area contributed by atoms with Gasteiger partial charge in [-0.25, -0.2) is 4.68 Å². The van der Waals surface area contributed by atoms with Gasteiger partial charge in [-0.2, -0.15) is 5.10 Å². The summed E-state index contributed by atoms with van der Waals surface area (Å²) in [4.78, 5) is 17.0. The highest BCUT2D eigenvalue weighted by Crippen LogP contribution is 2.27. The summed E-state index contributed by atoms with van der Waals surface area (Å²) in [5.41, 5.74) is 4.24. The summed E-state index contributed by atoms with van der Waals surface area (Å²) in [5, 5.41) is 4.94. The Morgan fingerprint density at radius 1 is 1.06 bits per heavy atom. The molecule has 2 aliphatic rings. The standard InChI is InChI=1S/C26H30N4O3/c1-32-23-11-9-20(10-12-23)25-21(19-30(27-25)22-6-3-2-4-7-22)18-28-13-15-29(16-14-28)26(31)24-8-5-17-33-24/h2-4,6-7,9-12,19,24H,5,8,13-18H2,1H3/t24-/m1/s1. The van der Waals surface area contributed by atoms with Crippen LogP contribution in [0.3, 0.4) is 0 Å². The maximum absolute atomic E-state index is 12.7. The second-order valence-corrected chi connectivity index (χ2v) is 8.61. The lowest BCUT2D eigenvalue weighted by Crippen LogP contribution is -2.51. The Morgan fingerprint density at radius 2 is 1.82 bits per heavy atom. The molecule has 0 spiro atoms. The van der Waals surface area contributed by atoms with Crippen LogP contribution in [-0.4, -0.2) is 71.5 Å². The van der Waals surface area contributed by atoms with E-state index in [1.54, 1.807) is 7.11 Å². The number of amides is 1. The first-order valence-electron chi connectivity index (χ1n) is 11.6. The van der Waals surface area contributed by atoms with Gasteiger partial charge < -0.3 is 14.4 Å². The molecule has 0 bridgehead atoms. The number of carbonyl (C=O) groups is 1. The molecule has 2 aliphatic heterocycles. The Hall–Kier alpha value is -3.16. The van der Waals surface area contributed by atoms with Crippen molar-refractivity contribution in [3.8, 4) is 22.7 Å². The molecular weight excluding hydrogens is 416 g/mol. The number of para-hydroxylation sites is 1. The molecule has 1 aromatic heterocycles. The zero-order valence-corrected chi connectivity index (χ0v) is 19.0. The van der Waals surface area contributed by atoms with Crippen molar-refractivity contribution in [1.29, 1.82) is 0 Å². The predicted octanol–water partition coefficient (Wildman–Crippen LogP) is 3.37. The van der Waals surface area contributed by atoms with Crippen molar-refractivity contribution >= 4 is 5.91 Å². The molecule has 2 fully saturated rings. The number of rotatable bonds is 6. The summed E-state index contributed by atoms with van der Waals surface area (Å²) in [6.45, 7) is 4.66. The Bertz CT molecular complexity index is 1070. The summed E-state index contributed by atoms with van der Waals surface area (Å²) < 4.78 is 12.9. The van der Waals surface area contributed by atoms with E-state index in [2.05, 4.69) is 35.4 Å². The van der Waals surface area contributed by atoms with Crippen molar-refractivity contribution in [2.24, 2.45) is 0 Å². The lowest BCUT2D eigenvalue weighted by atomic mass is 10.1. The van der Waals surface area contributed by atoms with Gasteiger partial charge >= 0.3 is 0 Å². The van der Waals surface area contributed by atoms with Crippen LogP contribution >= 0.6 is 0 Å². The lowest BCUT2D eigenvalue weighted by molar-refractivity contribution is -0.142. The zero-order chi connectivity index (χ0) is 22.6. The molecule has 7 nitrogen and oxygen atoms in total. The zero-order valence-electron chi connectivity index (χ0n) is 19.0. The van der Waals surface area contributed by atoms with Gasteiger partial charge in [0.1, 0.15) is 11.9 Å². The molecule has 5 rings (SSSR count). The fourth-order valence-electron chi connectivity index (χ4n) is 4.57. The van der Waals surface area contributed by atoms with Crippen molar-refractivity contribution in [3.63, 3.8) is 0 Å². The first kappa shape index (κ1) is 21.7. The average Bonchev–Trinajstić information content (AvgIpc) is 3.56. The van der Waals surface area contributed by atoms with Crippen molar-refractivity contribution in [1.82, 2.24) is 19.6 Å². The highest BCUT2D eigenvalue weighted by Gasteiger charge is 2.30. The maximum Gasteiger partial charge on any atom is 0.251 e. The molecule has 3 aromatic rings. The molecule has 0 saturated carbocycles. The van der Waals surface area contributed by atoms with E-state index in [-0.39, 0.29) is 12.0 Å². The van der Waals surface area contributed by atoms with Crippen LogP contribution in [0, 0.1) is 0 Å². The van der Waals surface area contributed by atoms with E-state index < -0.39 is 0 Å². The van der Waals surface area contributed by atoms with Gasteiger partial charge in [-0.3, -0.25) is 9.69 Å². The van der Waals surface area contributed by atoms with Gasteiger partial charge in [-0.15, -0.1) is 0 Å². The molecule has 2 aromatic carbocycles. The molecule has 0 unspecified atom stereocenters. The normalized spacial score (nSPS) is 19.1. The summed E-state index contributed by atoms with van der Waals surface area (Å²) in [7, 11) is 1.67. The number of benzene rings is 2. The van der Waals surface area contributed by atoms with Crippen molar-refractivity contribution in [3.05, 3.63) is 66.4 Å². The van der Waals surface area contributed by atoms with Crippen LogP contribution in [0.5, 0.6) is 5.75 Å². The number of hydrogen-bond donors (Lipinski definition) is 0. The van der Waals surface area contributed by atoms with Gasteiger partial charge in [-0.05, 0) is 49.2 Å². The monoisotopic (exact) mass is 446 g/mol. The van der Waals surface area contributed by atoms with Crippen LogP contribution in [0.4, 0.5) is 0 Å². The number of carbonyl (C=O) groups excluding carboxylic acids is 1. The number of hydrogen-bond acceptors (Lipinski definition) is 5. The third-order valence-electron chi connectivity index (χ3n) is 6.46. The van der Waals surface area contributed by atoms with Crippen LogP contribution in [0.1, 0.15) is 18.4 Å². The van der Waals surface area contributed by atoms with Gasteiger partial charge in [0.15, 0.2) is 0 Å². The SMILES string of the molecule is COc1ccc(-c2nn(-c3ccccc3)cc2CN2CCN(C(=O)[C@H]3CCCO3)CC2)cc1. The molecular formula is C26H30N4O3. The van der Waals surface area contributed by atoms with Crippen LogP contribution < -0.4 is 4.74 Å². The van der Waals surface area contributed by atoms with E-state index in [1.165, 1.54) is 5.56 Å². The minimum absolute atomic E-state index is 0.156. The molecule has 0 radical (unpaired) electrons. The first-order chi connectivity index (χ1) is 16.2. The largest absolute Gasteiger partial charge is 0.497 e. The minimum atomic E-state index is -0.234. The molecule has 33 heavy (non-hydrogen) atoms. The van der Waals surface area contributed by atoms with E-state index in [0.29, 0.717) is 6.61 Å². The van der Waals surface area contributed by atoms with Gasteiger partial charge in [-0.1, -0.05) is 18.2 Å². The molecule has 0 N–H and O–H groups in total. The molecule has 3 heterocycles. The van der Waals surface area contributed by atoms with Gasteiger partial charge in [0.2, 0.25) is 0 Å². The quantitative estimate of drug-likeness (QED) is 0.581. The molecule has 0 aliphatic carbocycles. The van der Waals surface area contributed by atoms with Crippen LogP contribution in [0.25, 0.3) is 16.9 Å². The second-order valence-electron chi connectivity index (χ2n) is 8.61. The second kappa shape index (κ2) is 9.77. The van der Waals surface area contributed by atoms with Gasteiger partial charge in [0.25, 0.3) is 5.91 Å². The number of methoxy groups -OCH3 is 1. The minimum Gasteiger partial charge on any atom is -0.497 e. The van der Waals surface area contributed by atoms with Gasteiger partial charge in [0.05, 0.1) is 18.5 Å². The van der Waals surface area contributed by atoms with E-state index >= 15 is 0 Å². The molecule has 172 valence electrons. The predicted molar refractivity (Wildman–Crippen MR) is 126 cm³/mol. The van der Waals surface area contributed by atoms with E-state index in [9.17, 15) is 4.79 Å². The Kier molecular flexibility index (Phi) is 6.41. The summed E-state index contributed by atoms with van der Waals surface area (Å²) in [6.07, 6.45) is 3.72. The lowest BCUT2D eigenvalue weighted by Gasteiger charge is -2.35.